The molecule has 1 aromatic rings. The van der Waals surface area contributed by atoms with Gasteiger partial charge in [-0.2, -0.15) is 0 Å². The van der Waals surface area contributed by atoms with Gasteiger partial charge >= 0.3 is 0 Å². The van der Waals surface area contributed by atoms with Crippen molar-refractivity contribution < 1.29 is 13.6 Å². The Kier molecular flexibility index (Phi) is 4.17. The van der Waals surface area contributed by atoms with Crippen LogP contribution in [0.15, 0.2) is 18.2 Å². The van der Waals surface area contributed by atoms with E-state index in [2.05, 4.69) is 5.32 Å². The van der Waals surface area contributed by atoms with Gasteiger partial charge in [-0.05, 0) is 19.2 Å². The molecular formula is C10H10ClF2NO. The summed E-state index contributed by atoms with van der Waals surface area (Å²) in [6.07, 6.45) is -2.67. The monoisotopic (exact) mass is 233 g/mol. The van der Waals surface area contributed by atoms with E-state index in [4.69, 9.17) is 11.6 Å². The van der Waals surface area contributed by atoms with Crippen molar-refractivity contribution in [3.8, 4) is 0 Å². The van der Waals surface area contributed by atoms with Crippen LogP contribution in [-0.4, -0.2) is 19.4 Å². The van der Waals surface area contributed by atoms with E-state index in [9.17, 15) is 13.6 Å². The smallest absolute Gasteiger partial charge is 0.264 e. The molecule has 0 spiro atoms. The van der Waals surface area contributed by atoms with E-state index < -0.39 is 12.2 Å². The fraction of sp³-hybridized carbons (Fsp3) is 0.300. The number of ketones is 1. The van der Waals surface area contributed by atoms with Crippen LogP contribution in [0.4, 0.5) is 8.78 Å². The topological polar surface area (TPSA) is 29.1 Å². The molecule has 0 aliphatic rings. The van der Waals surface area contributed by atoms with E-state index in [0.29, 0.717) is 0 Å². The van der Waals surface area contributed by atoms with Crippen molar-refractivity contribution in [1.82, 2.24) is 5.32 Å². The summed E-state index contributed by atoms with van der Waals surface area (Å²) < 4.78 is 25.1. The summed E-state index contributed by atoms with van der Waals surface area (Å²) in [7, 11) is 1.57. The predicted octanol–water partition coefficient (Wildman–Crippen LogP) is 2.68. The highest BCUT2D eigenvalue weighted by Crippen LogP contribution is 2.25. The summed E-state index contributed by atoms with van der Waals surface area (Å²) in [5, 5.41) is 2.89. The van der Waals surface area contributed by atoms with Crippen LogP contribution in [0.5, 0.6) is 0 Å². The lowest BCUT2D eigenvalue weighted by Crippen LogP contribution is -2.19. The van der Waals surface area contributed by atoms with Crippen LogP contribution in [0.3, 0.4) is 0 Å². The molecular weight excluding hydrogens is 224 g/mol. The molecule has 0 fully saturated rings. The van der Waals surface area contributed by atoms with Crippen molar-refractivity contribution >= 4 is 17.4 Å². The maximum Gasteiger partial charge on any atom is 0.264 e. The summed E-state index contributed by atoms with van der Waals surface area (Å²) in [4.78, 5) is 11.5. The second kappa shape index (κ2) is 5.19. The summed E-state index contributed by atoms with van der Waals surface area (Å²) in [5.74, 6) is -0.393. The highest BCUT2D eigenvalue weighted by atomic mass is 35.5. The third kappa shape index (κ3) is 2.97. The quantitative estimate of drug-likeness (QED) is 0.811. The van der Waals surface area contributed by atoms with E-state index in [0.717, 1.165) is 0 Å². The molecule has 0 radical (unpaired) electrons. The molecule has 0 amide bonds. The van der Waals surface area contributed by atoms with Crippen molar-refractivity contribution in [3.63, 3.8) is 0 Å². The lowest BCUT2D eigenvalue weighted by molar-refractivity contribution is 0.0979. The molecule has 0 aliphatic carbocycles. The van der Waals surface area contributed by atoms with Gasteiger partial charge < -0.3 is 5.32 Å². The molecule has 82 valence electrons. The molecule has 0 atom stereocenters. The fourth-order valence-electron chi connectivity index (χ4n) is 1.22. The number of halogens is 3. The van der Waals surface area contributed by atoms with Crippen LogP contribution in [0, 0.1) is 0 Å². The lowest BCUT2D eigenvalue weighted by atomic mass is 10.0. The Labute approximate surface area is 91.2 Å². The van der Waals surface area contributed by atoms with Crippen molar-refractivity contribution in [2.24, 2.45) is 0 Å². The van der Waals surface area contributed by atoms with Crippen molar-refractivity contribution in [2.45, 2.75) is 6.43 Å². The fourth-order valence-corrected chi connectivity index (χ4v) is 1.39. The number of rotatable bonds is 4. The molecule has 1 rings (SSSR count). The first-order chi connectivity index (χ1) is 7.06. The van der Waals surface area contributed by atoms with Gasteiger partial charge in [0.25, 0.3) is 6.43 Å². The normalized spacial score (nSPS) is 10.7. The van der Waals surface area contributed by atoms with Crippen LogP contribution in [0.2, 0.25) is 5.02 Å². The average Bonchev–Trinajstić information content (AvgIpc) is 2.17. The molecule has 5 heteroatoms. The minimum atomic E-state index is -2.67. The Morgan fingerprint density at radius 2 is 2.20 bits per heavy atom. The second-order valence-electron chi connectivity index (χ2n) is 2.99. The SMILES string of the molecule is CNCC(=O)c1cc(Cl)ccc1C(F)F. The molecule has 0 unspecified atom stereocenters. The number of hydrogen-bond acceptors (Lipinski definition) is 2. The molecule has 0 saturated carbocycles. The third-order valence-corrected chi connectivity index (χ3v) is 2.12. The minimum Gasteiger partial charge on any atom is -0.313 e. The van der Waals surface area contributed by atoms with Gasteiger partial charge in [0.15, 0.2) is 5.78 Å². The number of nitrogens with one attached hydrogen (secondary N) is 1. The third-order valence-electron chi connectivity index (χ3n) is 1.89. The zero-order chi connectivity index (χ0) is 11.4. The van der Waals surface area contributed by atoms with Gasteiger partial charge in [-0.25, -0.2) is 8.78 Å². The number of hydrogen-bond donors (Lipinski definition) is 1. The van der Waals surface area contributed by atoms with E-state index in [1.165, 1.54) is 18.2 Å². The van der Waals surface area contributed by atoms with Crippen LogP contribution < -0.4 is 5.32 Å². The highest BCUT2D eigenvalue weighted by molar-refractivity contribution is 6.31. The first-order valence-corrected chi connectivity index (χ1v) is 4.69. The average molecular weight is 234 g/mol. The first-order valence-electron chi connectivity index (χ1n) is 4.31. The van der Waals surface area contributed by atoms with Crippen LogP contribution in [-0.2, 0) is 0 Å². The van der Waals surface area contributed by atoms with Crippen molar-refractivity contribution in [1.29, 1.82) is 0 Å². The number of alkyl halides is 2. The maximum absolute atomic E-state index is 12.5. The molecule has 2 nitrogen and oxygen atoms in total. The highest BCUT2D eigenvalue weighted by Gasteiger charge is 2.17. The number of likely N-dealkylation sites (N-methyl/N-ethyl adjacent to an activating group) is 1. The molecule has 0 saturated heterocycles. The zero-order valence-corrected chi connectivity index (χ0v) is 8.81. The maximum atomic E-state index is 12.5. The summed E-state index contributed by atoms with van der Waals surface area (Å²) in [6.45, 7) is 0.0140. The number of carbonyl (C=O) groups is 1. The Hall–Kier alpha value is -1.00. The predicted molar refractivity (Wildman–Crippen MR) is 54.7 cm³/mol. The van der Waals surface area contributed by atoms with Gasteiger partial charge in [-0.15, -0.1) is 0 Å². The summed E-state index contributed by atoms with van der Waals surface area (Å²) in [6, 6.07) is 3.79. The largest absolute Gasteiger partial charge is 0.313 e. The van der Waals surface area contributed by atoms with Crippen molar-refractivity contribution in [2.75, 3.05) is 13.6 Å². The summed E-state index contributed by atoms with van der Waals surface area (Å²) in [5.41, 5.74) is -0.300. The first kappa shape index (κ1) is 12.1. The molecule has 0 bridgehead atoms. The molecule has 0 heterocycles. The lowest BCUT2D eigenvalue weighted by Gasteiger charge is -2.07. The Morgan fingerprint density at radius 3 is 2.73 bits per heavy atom. The van der Waals surface area contributed by atoms with E-state index >= 15 is 0 Å². The molecule has 0 aliphatic heterocycles. The number of benzene rings is 1. The van der Waals surface area contributed by atoms with E-state index in [1.807, 2.05) is 0 Å². The van der Waals surface area contributed by atoms with Crippen LogP contribution in [0.25, 0.3) is 0 Å². The Morgan fingerprint density at radius 1 is 1.53 bits per heavy atom. The minimum absolute atomic E-state index is 0.0140. The molecule has 1 aromatic carbocycles. The standard InChI is InChI=1S/C10H10ClF2NO/c1-14-5-9(15)8-4-6(11)2-3-7(8)10(12)13/h2-4,10,14H,5H2,1H3. The Bertz CT molecular complexity index is 368. The van der Waals surface area contributed by atoms with Crippen LogP contribution >= 0.6 is 11.6 Å². The number of Topliss-reactive ketones (excluding diaryl/α,β-unsaturated/α-hetero) is 1. The molecule has 1 N–H and O–H groups in total. The van der Waals surface area contributed by atoms with Crippen molar-refractivity contribution in [3.05, 3.63) is 34.3 Å². The summed E-state index contributed by atoms with van der Waals surface area (Å²) >= 11 is 5.65. The zero-order valence-electron chi connectivity index (χ0n) is 8.06. The van der Waals surface area contributed by atoms with Crippen LogP contribution in [0.1, 0.15) is 22.3 Å². The van der Waals surface area contributed by atoms with Gasteiger partial charge in [0, 0.05) is 16.1 Å². The second-order valence-corrected chi connectivity index (χ2v) is 3.42. The Balaban J connectivity index is 3.12. The molecule has 15 heavy (non-hydrogen) atoms. The molecule has 0 aromatic heterocycles. The van der Waals surface area contributed by atoms with E-state index in [-0.39, 0.29) is 22.7 Å². The van der Waals surface area contributed by atoms with Gasteiger partial charge in [-0.1, -0.05) is 17.7 Å². The van der Waals surface area contributed by atoms with E-state index in [1.54, 1.807) is 7.05 Å². The van der Waals surface area contributed by atoms with Gasteiger partial charge in [-0.3, -0.25) is 4.79 Å². The van der Waals surface area contributed by atoms with Gasteiger partial charge in [0.1, 0.15) is 0 Å². The van der Waals surface area contributed by atoms with Gasteiger partial charge in [0.05, 0.1) is 6.54 Å². The van der Waals surface area contributed by atoms with Gasteiger partial charge in [0.2, 0.25) is 0 Å². The number of carbonyl (C=O) groups excluding carboxylic acids is 1.